The highest BCUT2D eigenvalue weighted by Crippen LogP contribution is 2.49. The normalized spacial score (nSPS) is 11.8. The molecule has 0 bridgehead atoms. The van der Waals surface area contributed by atoms with Gasteiger partial charge in [-0.2, -0.15) is 0 Å². The highest BCUT2D eigenvalue weighted by molar-refractivity contribution is 6.10. The van der Waals surface area contributed by atoms with Gasteiger partial charge in [-0.25, -0.2) is 4.98 Å². The van der Waals surface area contributed by atoms with Crippen molar-refractivity contribution >= 4 is 21.9 Å². The van der Waals surface area contributed by atoms with E-state index in [0.29, 0.717) is 0 Å². The van der Waals surface area contributed by atoms with Crippen LogP contribution < -0.4 is 0 Å². The lowest BCUT2D eigenvalue weighted by Crippen LogP contribution is -2.03. The third-order valence-electron chi connectivity index (χ3n) is 7.64. The minimum absolute atomic E-state index is 0.977. The lowest BCUT2D eigenvalue weighted by Gasteiger charge is -2.25. The van der Waals surface area contributed by atoms with Gasteiger partial charge in [-0.05, 0) is 63.2 Å². The molecule has 0 atom stereocenters. The van der Waals surface area contributed by atoms with Crippen molar-refractivity contribution in [2.75, 3.05) is 0 Å². The quantitative estimate of drug-likeness (QED) is 0.234. The Balaban J connectivity index is 1.59. The molecule has 2 heteroatoms. The van der Waals surface area contributed by atoms with Crippen LogP contribution in [-0.4, -0.2) is 9.55 Å². The van der Waals surface area contributed by atoms with Crippen LogP contribution in [0.25, 0.3) is 72.1 Å². The Hall–Kier alpha value is -4.95. The van der Waals surface area contributed by atoms with E-state index in [1.165, 1.54) is 55.3 Å². The molecular formula is C35H22N2. The molecule has 0 spiro atoms. The summed E-state index contributed by atoms with van der Waals surface area (Å²) < 4.78 is 2.34. The average Bonchev–Trinajstić information content (AvgIpc) is 3.30. The Morgan fingerprint density at radius 2 is 0.919 bits per heavy atom. The predicted octanol–water partition coefficient (Wildman–Crippen LogP) is 9.16. The summed E-state index contributed by atoms with van der Waals surface area (Å²) in [5.41, 5.74) is 13.2. The van der Waals surface area contributed by atoms with Gasteiger partial charge in [-0.15, -0.1) is 0 Å². The molecule has 0 aliphatic heterocycles. The molecule has 8 rings (SSSR count). The Morgan fingerprint density at radius 3 is 1.62 bits per heavy atom. The van der Waals surface area contributed by atoms with Crippen LogP contribution in [0.1, 0.15) is 0 Å². The van der Waals surface area contributed by atoms with Crippen molar-refractivity contribution in [1.82, 2.24) is 9.55 Å². The summed E-state index contributed by atoms with van der Waals surface area (Å²) >= 11 is 0. The molecule has 7 aromatic rings. The summed E-state index contributed by atoms with van der Waals surface area (Å²) in [6.45, 7) is 0. The lowest BCUT2D eigenvalue weighted by molar-refractivity contribution is 1.14. The zero-order valence-electron chi connectivity index (χ0n) is 20.1. The first-order chi connectivity index (χ1) is 18.4. The van der Waals surface area contributed by atoms with Gasteiger partial charge in [0.25, 0.3) is 0 Å². The molecule has 1 aliphatic carbocycles. The number of para-hydroxylation sites is 1. The molecule has 5 aromatic carbocycles. The maximum absolute atomic E-state index is 4.88. The number of hydrogen-bond donors (Lipinski definition) is 0. The Morgan fingerprint density at radius 1 is 0.405 bits per heavy atom. The van der Waals surface area contributed by atoms with Crippen LogP contribution >= 0.6 is 0 Å². The van der Waals surface area contributed by atoms with Crippen LogP contribution in [0.2, 0.25) is 0 Å². The molecule has 0 radical (unpaired) electrons. The van der Waals surface area contributed by atoms with Crippen molar-refractivity contribution in [1.29, 1.82) is 0 Å². The largest absolute Gasteiger partial charge is 0.293 e. The van der Waals surface area contributed by atoms with Crippen LogP contribution in [0.5, 0.6) is 0 Å². The van der Waals surface area contributed by atoms with E-state index in [4.69, 9.17) is 4.98 Å². The first-order valence-corrected chi connectivity index (χ1v) is 12.7. The number of fused-ring (bicyclic) bond motifs is 11. The SMILES string of the molecule is c1ccc2c(c1)-c1ccccc1-c1cccc(-n3c4ccccc4c4cccnc43)c1-c1ccccc1-2. The molecule has 2 heterocycles. The van der Waals surface area contributed by atoms with Gasteiger partial charge in [0.05, 0.1) is 11.2 Å². The minimum atomic E-state index is 0.977. The molecular weight excluding hydrogens is 448 g/mol. The van der Waals surface area contributed by atoms with E-state index in [0.717, 1.165) is 16.9 Å². The van der Waals surface area contributed by atoms with Gasteiger partial charge < -0.3 is 0 Å². The van der Waals surface area contributed by atoms with Gasteiger partial charge in [0, 0.05) is 22.5 Å². The summed E-state index contributed by atoms with van der Waals surface area (Å²) in [6, 6.07) is 45.9. The number of hydrogen-bond acceptors (Lipinski definition) is 1. The molecule has 0 saturated heterocycles. The van der Waals surface area contributed by atoms with Crippen LogP contribution in [0, 0.1) is 0 Å². The second-order valence-corrected chi connectivity index (χ2v) is 9.56. The Kier molecular flexibility index (Phi) is 4.26. The van der Waals surface area contributed by atoms with E-state index in [9.17, 15) is 0 Å². The molecule has 0 N–H and O–H groups in total. The fourth-order valence-corrected chi connectivity index (χ4v) is 6.12. The second kappa shape index (κ2) is 7.78. The smallest absolute Gasteiger partial charge is 0.145 e. The summed E-state index contributed by atoms with van der Waals surface area (Å²) in [5.74, 6) is 0. The second-order valence-electron chi connectivity index (χ2n) is 9.56. The number of pyridine rings is 1. The topological polar surface area (TPSA) is 17.8 Å². The predicted molar refractivity (Wildman–Crippen MR) is 154 cm³/mol. The average molecular weight is 471 g/mol. The number of nitrogens with zero attached hydrogens (tertiary/aromatic N) is 2. The lowest BCUT2D eigenvalue weighted by atomic mass is 9.80. The van der Waals surface area contributed by atoms with E-state index < -0.39 is 0 Å². The van der Waals surface area contributed by atoms with Crippen LogP contribution in [0.15, 0.2) is 134 Å². The summed E-state index contributed by atoms with van der Waals surface area (Å²) in [4.78, 5) is 4.88. The minimum Gasteiger partial charge on any atom is -0.293 e. The summed E-state index contributed by atoms with van der Waals surface area (Å²) in [5, 5.41) is 2.38. The third-order valence-corrected chi connectivity index (χ3v) is 7.64. The zero-order valence-corrected chi connectivity index (χ0v) is 20.1. The first-order valence-electron chi connectivity index (χ1n) is 12.7. The van der Waals surface area contributed by atoms with Crippen molar-refractivity contribution < 1.29 is 0 Å². The fraction of sp³-hybridized carbons (Fsp3) is 0. The summed E-state index contributed by atoms with van der Waals surface area (Å²) in [7, 11) is 0. The van der Waals surface area contributed by atoms with Gasteiger partial charge in [-0.3, -0.25) is 4.57 Å². The number of benzene rings is 5. The van der Waals surface area contributed by atoms with Gasteiger partial charge >= 0.3 is 0 Å². The molecule has 2 aromatic heterocycles. The highest BCUT2D eigenvalue weighted by atomic mass is 15.0. The van der Waals surface area contributed by atoms with E-state index in [2.05, 4.69) is 126 Å². The molecule has 0 unspecified atom stereocenters. The summed E-state index contributed by atoms with van der Waals surface area (Å²) in [6.07, 6.45) is 1.89. The first kappa shape index (κ1) is 20.3. The molecule has 1 aliphatic rings. The fourth-order valence-electron chi connectivity index (χ4n) is 6.12. The van der Waals surface area contributed by atoms with E-state index in [1.54, 1.807) is 0 Å². The van der Waals surface area contributed by atoms with Crippen molar-refractivity contribution in [3.8, 4) is 50.2 Å². The molecule has 2 nitrogen and oxygen atoms in total. The molecule has 37 heavy (non-hydrogen) atoms. The molecule has 0 fully saturated rings. The van der Waals surface area contributed by atoms with Crippen LogP contribution in [0.3, 0.4) is 0 Å². The van der Waals surface area contributed by atoms with Crippen LogP contribution in [-0.2, 0) is 0 Å². The van der Waals surface area contributed by atoms with E-state index in [-0.39, 0.29) is 0 Å². The van der Waals surface area contributed by atoms with Crippen molar-refractivity contribution in [3.63, 3.8) is 0 Å². The maximum atomic E-state index is 4.88. The van der Waals surface area contributed by atoms with E-state index >= 15 is 0 Å². The highest BCUT2D eigenvalue weighted by Gasteiger charge is 2.25. The molecule has 172 valence electrons. The van der Waals surface area contributed by atoms with Crippen molar-refractivity contribution in [3.05, 3.63) is 134 Å². The van der Waals surface area contributed by atoms with Gasteiger partial charge in [0.2, 0.25) is 0 Å². The van der Waals surface area contributed by atoms with Gasteiger partial charge in [0.1, 0.15) is 5.65 Å². The molecule has 0 amide bonds. The van der Waals surface area contributed by atoms with Crippen molar-refractivity contribution in [2.24, 2.45) is 0 Å². The number of rotatable bonds is 1. The van der Waals surface area contributed by atoms with Gasteiger partial charge in [-0.1, -0.05) is 103 Å². The van der Waals surface area contributed by atoms with E-state index in [1.807, 2.05) is 12.3 Å². The molecule has 0 saturated carbocycles. The monoisotopic (exact) mass is 470 g/mol. The zero-order chi connectivity index (χ0) is 24.3. The van der Waals surface area contributed by atoms with Crippen molar-refractivity contribution in [2.45, 2.75) is 0 Å². The van der Waals surface area contributed by atoms with Crippen LogP contribution in [0.4, 0.5) is 0 Å². The maximum Gasteiger partial charge on any atom is 0.145 e. The van der Waals surface area contributed by atoms with Gasteiger partial charge in [0.15, 0.2) is 0 Å². The third kappa shape index (κ3) is 2.84. The Labute approximate surface area is 215 Å². The standard InChI is InChI=1S/C35H22N2/c1-2-12-24-23(11-1)25-13-3-4-14-27(25)30-18-9-21-33(34(30)29-17-6-5-15-26(24)29)37-32-20-8-7-16-28(32)31-19-10-22-36-35(31)37/h1-22H. The number of aromatic nitrogens is 2. The Bertz CT molecular complexity index is 1930.